The number of carbonyl (C=O) groups is 2. The summed E-state index contributed by atoms with van der Waals surface area (Å²) in [6, 6.07) is 7.76. The lowest BCUT2D eigenvalue weighted by molar-refractivity contribution is -0.129. The largest absolute Gasteiger partial charge is 0.494 e. The quantitative estimate of drug-likeness (QED) is 0.596. The van der Waals surface area contributed by atoms with Gasteiger partial charge in [-0.15, -0.1) is 0 Å². The Kier molecular flexibility index (Phi) is 6.32. The van der Waals surface area contributed by atoms with Crippen molar-refractivity contribution in [3.63, 3.8) is 0 Å². The Morgan fingerprint density at radius 1 is 1.35 bits per heavy atom. The monoisotopic (exact) mass is 390 g/mol. The maximum absolute atomic E-state index is 12.6. The molecular weight excluding hydrogens is 368 g/mol. The molecule has 1 aliphatic heterocycles. The van der Waals surface area contributed by atoms with Crippen LogP contribution in [0.25, 0.3) is 6.08 Å². The van der Waals surface area contributed by atoms with Crippen LogP contribution in [0.2, 0.25) is 0 Å². The number of thiocarbonyl (C=S) groups is 1. The van der Waals surface area contributed by atoms with Crippen LogP contribution in [0.15, 0.2) is 29.2 Å². The highest BCUT2D eigenvalue weighted by molar-refractivity contribution is 8.26. The van der Waals surface area contributed by atoms with Crippen molar-refractivity contribution in [1.29, 1.82) is 0 Å². The first-order chi connectivity index (χ1) is 12.6. The molecule has 1 saturated heterocycles. The number of thioether (sulfide) groups is 1. The molecule has 1 saturated carbocycles. The lowest BCUT2D eigenvalue weighted by Crippen LogP contribution is -2.42. The maximum atomic E-state index is 12.6. The Balaban J connectivity index is 1.63. The lowest BCUT2D eigenvalue weighted by atomic mass is 10.2. The molecule has 1 heterocycles. The van der Waals surface area contributed by atoms with Gasteiger partial charge in [0.25, 0.3) is 5.91 Å². The number of benzene rings is 1. The Labute approximate surface area is 163 Å². The average molecular weight is 391 g/mol. The van der Waals surface area contributed by atoms with Crippen molar-refractivity contribution in [2.45, 2.75) is 38.6 Å². The van der Waals surface area contributed by atoms with Crippen molar-refractivity contribution in [3.8, 4) is 5.75 Å². The molecule has 0 spiro atoms. The van der Waals surface area contributed by atoms with Crippen LogP contribution in [0, 0.1) is 0 Å². The molecule has 1 aromatic rings. The standard InChI is InChI=1S/C19H22N2O3S2/c1-2-24-15-9-7-13(8-10-15)11-16-18(23)21(19(25)26-16)12-17(22)20-14-5-3-4-6-14/h7-11,14H,2-6,12H2,1H3,(H,20,22)/b16-11-. The van der Waals surface area contributed by atoms with E-state index in [4.69, 9.17) is 17.0 Å². The summed E-state index contributed by atoms with van der Waals surface area (Å²) in [5.41, 5.74) is 0.893. The van der Waals surface area contributed by atoms with Crippen LogP contribution in [0.5, 0.6) is 5.75 Å². The molecule has 7 heteroatoms. The van der Waals surface area contributed by atoms with Gasteiger partial charge in [-0.05, 0) is 43.5 Å². The first kappa shape index (κ1) is 18.9. The van der Waals surface area contributed by atoms with Crippen LogP contribution in [-0.4, -0.2) is 40.2 Å². The van der Waals surface area contributed by atoms with Crippen LogP contribution in [0.4, 0.5) is 0 Å². The maximum Gasteiger partial charge on any atom is 0.266 e. The summed E-state index contributed by atoms with van der Waals surface area (Å²) in [6.07, 6.45) is 6.13. The topological polar surface area (TPSA) is 58.6 Å². The fourth-order valence-corrected chi connectivity index (χ4v) is 4.36. The van der Waals surface area contributed by atoms with E-state index in [0.717, 1.165) is 37.0 Å². The summed E-state index contributed by atoms with van der Waals surface area (Å²) in [5.74, 6) is 0.437. The molecule has 26 heavy (non-hydrogen) atoms. The highest BCUT2D eigenvalue weighted by Crippen LogP contribution is 2.32. The fourth-order valence-electron chi connectivity index (χ4n) is 3.10. The third-order valence-electron chi connectivity index (χ3n) is 4.38. The van der Waals surface area contributed by atoms with E-state index in [2.05, 4.69) is 5.32 Å². The number of nitrogens with one attached hydrogen (secondary N) is 1. The van der Waals surface area contributed by atoms with Crippen molar-refractivity contribution >= 4 is 46.2 Å². The number of hydrogen-bond acceptors (Lipinski definition) is 5. The zero-order valence-electron chi connectivity index (χ0n) is 14.7. The summed E-state index contributed by atoms with van der Waals surface area (Å²) < 4.78 is 5.84. The zero-order valence-corrected chi connectivity index (χ0v) is 16.3. The van der Waals surface area contributed by atoms with E-state index in [9.17, 15) is 9.59 Å². The number of carbonyl (C=O) groups excluding carboxylic acids is 2. The summed E-state index contributed by atoms with van der Waals surface area (Å²) >= 11 is 6.53. The summed E-state index contributed by atoms with van der Waals surface area (Å²) in [5, 5.41) is 2.99. The van der Waals surface area contributed by atoms with E-state index in [1.54, 1.807) is 6.08 Å². The van der Waals surface area contributed by atoms with Gasteiger partial charge in [-0.3, -0.25) is 14.5 Å². The van der Waals surface area contributed by atoms with Crippen molar-refractivity contribution in [2.75, 3.05) is 13.2 Å². The highest BCUT2D eigenvalue weighted by Gasteiger charge is 2.33. The number of amides is 2. The number of hydrogen-bond donors (Lipinski definition) is 1. The molecule has 0 unspecified atom stereocenters. The van der Waals surface area contributed by atoms with Gasteiger partial charge in [0.1, 0.15) is 16.6 Å². The van der Waals surface area contributed by atoms with Crippen LogP contribution in [0.1, 0.15) is 38.2 Å². The fraction of sp³-hybridized carbons (Fsp3) is 0.421. The molecule has 1 N–H and O–H groups in total. The van der Waals surface area contributed by atoms with Gasteiger partial charge in [-0.2, -0.15) is 0 Å². The van der Waals surface area contributed by atoms with Gasteiger partial charge < -0.3 is 10.1 Å². The minimum Gasteiger partial charge on any atom is -0.494 e. The average Bonchev–Trinajstić information content (AvgIpc) is 3.21. The molecule has 0 aromatic heterocycles. The minimum absolute atomic E-state index is 0.0121. The van der Waals surface area contributed by atoms with Crippen LogP contribution < -0.4 is 10.1 Å². The van der Waals surface area contributed by atoms with E-state index in [1.807, 2.05) is 31.2 Å². The second kappa shape index (κ2) is 8.68. The molecule has 2 amide bonds. The Bertz CT molecular complexity index is 725. The molecule has 3 rings (SSSR count). The number of nitrogens with zero attached hydrogens (tertiary/aromatic N) is 1. The summed E-state index contributed by atoms with van der Waals surface area (Å²) in [4.78, 5) is 26.7. The third-order valence-corrected chi connectivity index (χ3v) is 5.76. The minimum atomic E-state index is -0.213. The van der Waals surface area contributed by atoms with Crippen LogP contribution in [-0.2, 0) is 9.59 Å². The Morgan fingerprint density at radius 3 is 2.69 bits per heavy atom. The van der Waals surface area contributed by atoms with Crippen LogP contribution >= 0.6 is 24.0 Å². The molecule has 0 atom stereocenters. The van der Waals surface area contributed by atoms with E-state index >= 15 is 0 Å². The van der Waals surface area contributed by atoms with Crippen molar-refractivity contribution < 1.29 is 14.3 Å². The molecule has 5 nitrogen and oxygen atoms in total. The third kappa shape index (κ3) is 4.65. The van der Waals surface area contributed by atoms with Gasteiger partial charge in [-0.25, -0.2) is 0 Å². The molecule has 0 bridgehead atoms. The van der Waals surface area contributed by atoms with E-state index < -0.39 is 0 Å². The van der Waals surface area contributed by atoms with Gasteiger partial charge >= 0.3 is 0 Å². The SMILES string of the molecule is CCOc1ccc(/C=C2\SC(=S)N(CC(=O)NC3CCCC3)C2=O)cc1. The smallest absolute Gasteiger partial charge is 0.266 e. The van der Waals surface area contributed by atoms with Crippen molar-refractivity contribution in [1.82, 2.24) is 10.2 Å². The summed E-state index contributed by atoms with van der Waals surface area (Å²) in [6.45, 7) is 2.53. The van der Waals surface area contributed by atoms with E-state index in [0.29, 0.717) is 15.8 Å². The first-order valence-corrected chi connectivity index (χ1v) is 10.1. The Hall–Kier alpha value is -1.86. The molecule has 1 aromatic carbocycles. The Morgan fingerprint density at radius 2 is 2.04 bits per heavy atom. The van der Waals surface area contributed by atoms with E-state index in [1.165, 1.54) is 16.7 Å². The molecule has 1 aliphatic carbocycles. The first-order valence-electron chi connectivity index (χ1n) is 8.84. The second-order valence-electron chi connectivity index (χ2n) is 6.32. The predicted octanol–water partition coefficient (Wildman–Crippen LogP) is 3.35. The van der Waals surface area contributed by atoms with E-state index in [-0.39, 0.29) is 24.4 Å². The zero-order chi connectivity index (χ0) is 18.5. The van der Waals surface area contributed by atoms with Gasteiger partial charge in [0.2, 0.25) is 5.91 Å². The van der Waals surface area contributed by atoms with Gasteiger partial charge in [0.15, 0.2) is 0 Å². The number of ether oxygens (including phenoxy) is 1. The highest BCUT2D eigenvalue weighted by atomic mass is 32.2. The molecule has 0 radical (unpaired) electrons. The summed E-state index contributed by atoms with van der Waals surface area (Å²) in [7, 11) is 0. The van der Waals surface area contributed by atoms with Gasteiger partial charge in [0.05, 0.1) is 11.5 Å². The molecule has 2 fully saturated rings. The van der Waals surface area contributed by atoms with Crippen molar-refractivity contribution in [2.24, 2.45) is 0 Å². The molecule has 2 aliphatic rings. The normalized spacial score (nSPS) is 19.4. The van der Waals surface area contributed by atoms with Gasteiger partial charge in [0, 0.05) is 6.04 Å². The molecular formula is C19H22N2O3S2. The predicted molar refractivity (Wildman–Crippen MR) is 108 cm³/mol. The van der Waals surface area contributed by atoms with Crippen LogP contribution in [0.3, 0.4) is 0 Å². The number of rotatable bonds is 6. The second-order valence-corrected chi connectivity index (χ2v) is 7.99. The molecule has 138 valence electrons. The lowest BCUT2D eigenvalue weighted by Gasteiger charge is -2.17. The van der Waals surface area contributed by atoms with Crippen molar-refractivity contribution in [3.05, 3.63) is 34.7 Å². The van der Waals surface area contributed by atoms with Gasteiger partial charge in [-0.1, -0.05) is 49.0 Å².